The van der Waals surface area contributed by atoms with Crippen LogP contribution in [0.1, 0.15) is 22.8 Å². The van der Waals surface area contributed by atoms with Gasteiger partial charge in [-0.15, -0.1) is 0 Å². The summed E-state index contributed by atoms with van der Waals surface area (Å²) in [7, 11) is 1.50. The van der Waals surface area contributed by atoms with Crippen LogP contribution in [0.4, 0.5) is 0 Å². The molecule has 5 nitrogen and oxygen atoms in total. The van der Waals surface area contributed by atoms with E-state index < -0.39 is 5.97 Å². The molecule has 0 heterocycles. The van der Waals surface area contributed by atoms with E-state index in [1.165, 1.54) is 7.11 Å². The Hall–Kier alpha value is -3.34. The van der Waals surface area contributed by atoms with Crippen LogP contribution in [0.15, 0.2) is 66.7 Å². The Morgan fingerprint density at radius 3 is 2.21 bits per heavy atom. The zero-order chi connectivity index (χ0) is 19.9. The number of nitrogens with zero attached hydrogens (tertiary/aromatic N) is 1. The van der Waals surface area contributed by atoms with Crippen LogP contribution in [0.2, 0.25) is 0 Å². The topological polar surface area (TPSA) is 55.8 Å². The highest BCUT2D eigenvalue weighted by Crippen LogP contribution is 2.26. The molecule has 3 aromatic rings. The lowest BCUT2D eigenvalue weighted by molar-refractivity contribution is -0.134. The van der Waals surface area contributed by atoms with Crippen molar-refractivity contribution in [1.29, 1.82) is 0 Å². The third-order valence-corrected chi connectivity index (χ3v) is 4.57. The predicted molar refractivity (Wildman–Crippen MR) is 108 cm³/mol. The summed E-state index contributed by atoms with van der Waals surface area (Å²) in [5.74, 6) is -0.390. The zero-order valence-corrected chi connectivity index (χ0v) is 16.1. The molecule has 0 aliphatic rings. The van der Waals surface area contributed by atoms with Crippen molar-refractivity contribution in [3.8, 4) is 5.75 Å². The zero-order valence-electron chi connectivity index (χ0n) is 16.1. The van der Waals surface area contributed by atoms with Crippen LogP contribution in [0.3, 0.4) is 0 Å². The number of rotatable bonds is 7. The fourth-order valence-corrected chi connectivity index (χ4v) is 3.02. The minimum atomic E-state index is -0.577. The summed E-state index contributed by atoms with van der Waals surface area (Å²) in [5, 5.41) is 1.87. The van der Waals surface area contributed by atoms with Crippen LogP contribution in [-0.2, 0) is 16.1 Å². The molecule has 0 unspecified atom stereocenters. The quantitative estimate of drug-likeness (QED) is 0.583. The number of carbonyl (C=O) groups is 2. The van der Waals surface area contributed by atoms with Gasteiger partial charge >= 0.3 is 5.97 Å². The SMILES string of the molecule is CCN(Cc1ccccc1)C(=O)COC(=O)c1cc2ccccc2cc1OC. The lowest BCUT2D eigenvalue weighted by Crippen LogP contribution is -2.34. The van der Waals surface area contributed by atoms with Gasteiger partial charge in [0.05, 0.1) is 7.11 Å². The molecule has 0 radical (unpaired) electrons. The van der Waals surface area contributed by atoms with Crippen molar-refractivity contribution in [2.24, 2.45) is 0 Å². The van der Waals surface area contributed by atoms with Gasteiger partial charge in [0.2, 0.25) is 0 Å². The van der Waals surface area contributed by atoms with Gasteiger partial charge in [0.1, 0.15) is 11.3 Å². The molecule has 0 spiro atoms. The summed E-state index contributed by atoms with van der Waals surface area (Å²) in [6.45, 7) is 2.60. The van der Waals surface area contributed by atoms with E-state index in [-0.39, 0.29) is 12.5 Å². The van der Waals surface area contributed by atoms with E-state index in [1.54, 1.807) is 17.0 Å². The summed E-state index contributed by atoms with van der Waals surface area (Å²) < 4.78 is 10.6. The second kappa shape index (κ2) is 9.04. The number of esters is 1. The van der Waals surface area contributed by atoms with Crippen molar-refractivity contribution in [3.05, 3.63) is 77.9 Å². The Morgan fingerprint density at radius 1 is 0.929 bits per heavy atom. The molecule has 1 amide bonds. The number of ether oxygens (including phenoxy) is 2. The Bertz CT molecular complexity index is 969. The van der Waals surface area contributed by atoms with E-state index >= 15 is 0 Å². The van der Waals surface area contributed by atoms with E-state index in [4.69, 9.17) is 9.47 Å². The average molecular weight is 377 g/mol. The molecule has 0 aliphatic carbocycles. The van der Waals surface area contributed by atoms with Crippen molar-refractivity contribution in [2.45, 2.75) is 13.5 Å². The van der Waals surface area contributed by atoms with Gasteiger partial charge in [-0.1, -0.05) is 54.6 Å². The van der Waals surface area contributed by atoms with Crippen LogP contribution in [0.5, 0.6) is 5.75 Å². The molecular formula is C23H23NO4. The van der Waals surface area contributed by atoms with Gasteiger partial charge in [-0.25, -0.2) is 4.79 Å². The fourth-order valence-electron chi connectivity index (χ4n) is 3.02. The van der Waals surface area contributed by atoms with Gasteiger partial charge in [0.15, 0.2) is 6.61 Å². The summed E-state index contributed by atoms with van der Waals surface area (Å²) >= 11 is 0. The van der Waals surface area contributed by atoms with E-state index in [2.05, 4.69) is 0 Å². The van der Waals surface area contributed by atoms with E-state index in [9.17, 15) is 9.59 Å². The van der Waals surface area contributed by atoms with Crippen molar-refractivity contribution in [1.82, 2.24) is 4.90 Å². The molecule has 0 aromatic heterocycles. The number of benzene rings is 3. The maximum absolute atomic E-state index is 12.6. The van der Waals surface area contributed by atoms with E-state index in [0.29, 0.717) is 24.4 Å². The highest BCUT2D eigenvalue weighted by atomic mass is 16.5. The largest absolute Gasteiger partial charge is 0.496 e. The smallest absolute Gasteiger partial charge is 0.342 e. The summed E-state index contributed by atoms with van der Waals surface area (Å²) in [4.78, 5) is 26.7. The molecule has 0 saturated carbocycles. The second-order valence-electron chi connectivity index (χ2n) is 6.37. The Balaban J connectivity index is 1.69. The van der Waals surface area contributed by atoms with E-state index in [0.717, 1.165) is 16.3 Å². The Labute approximate surface area is 164 Å². The molecule has 0 fully saturated rings. The van der Waals surface area contributed by atoms with Crippen LogP contribution < -0.4 is 4.74 Å². The first-order valence-electron chi connectivity index (χ1n) is 9.18. The number of fused-ring (bicyclic) bond motifs is 1. The highest BCUT2D eigenvalue weighted by Gasteiger charge is 2.19. The molecule has 5 heteroatoms. The number of amides is 1. The lowest BCUT2D eigenvalue weighted by atomic mass is 10.1. The molecule has 0 bridgehead atoms. The third kappa shape index (κ3) is 4.49. The first kappa shape index (κ1) is 19.4. The maximum atomic E-state index is 12.6. The predicted octanol–water partition coefficient (Wildman–Crippen LogP) is 4.05. The first-order chi connectivity index (χ1) is 13.6. The minimum Gasteiger partial charge on any atom is -0.496 e. The number of carbonyl (C=O) groups excluding carboxylic acids is 2. The van der Waals surface area contributed by atoms with Crippen LogP contribution >= 0.6 is 0 Å². The van der Waals surface area contributed by atoms with Crippen LogP contribution in [-0.4, -0.2) is 37.0 Å². The number of methoxy groups -OCH3 is 1. The Kier molecular flexibility index (Phi) is 6.27. The second-order valence-corrected chi connectivity index (χ2v) is 6.37. The van der Waals surface area contributed by atoms with Crippen molar-refractivity contribution >= 4 is 22.6 Å². The molecule has 3 aromatic carbocycles. The normalized spacial score (nSPS) is 10.5. The molecule has 0 N–H and O–H groups in total. The van der Waals surface area contributed by atoms with Gasteiger partial charge in [-0.05, 0) is 35.4 Å². The third-order valence-electron chi connectivity index (χ3n) is 4.57. The van der Waals surface area contributed by atoms with Crippen LogP contribution in [0.25, 0.3) is 10.8 Å². The molecule has 144 valence electrons. The van der Waals surface area contributed by atoms with Crippen LogP contribution in [0, 0.1) is 0 Å². The summed E-state index contributed by atoms with van der Waals surface area (Å²) in [6, 6.07) is 20.9. The molecule has 3 rings (SSSR count). The fraction of sp³-hybridized carbons (Fsp3) is 0.217. The van der Waals surface area contributed by atoms with Crippen molar-refractivity contribution < 1.29 is 19.1 Å². The number of hydrogen-bond donors (Lipinski definition) is 0. The molecule has 28 heavy (non-hydrogen) atoms. The van der Waals surface area contributed by atoms with Crippen molar-refractivity contribution in [3.63, 3.8) is 0 Å². The number of hydrogen-bond acceptors (Lipinski definition) is 4. The maximum Gasteiger partial charge on any atom is 0.342 e. The number of likely N-dealkylation sites (N-methyl/N-ethyl adjacent to an activating group) is 1. The standard InChI is InChI=1S/C23H23NO4/c1-3-24(15-17-9-5-4-6-10-17)22(25)16-28-23(26)20-13-18-11-7-8-12-19(18)14-21(20)27-2/h4-14H,3,15-16H2,1-2H3. The molecule has 0 atom stereocenters. The highest BCUT2D eigenvalue weighted by molar-refractivity contribution is 5.99. The minimum absolute atomic E-state index is 0.237. The molecule has 0 saturated heterocycles. The summed E-state index contributed by atoms with van der Waals surface area (Å²) in [6.07, 6.45) is 0. The lowest BCUT2D eigenvalue weighted by Gasteiger charge is -2.21. The van der Waals surface area contributed by atoms with Crippen molar-refractivity contribution in [2.75, 3.05) is 20.3 Å². The average Bonchev–Trinajstić information content (AvgIpc) is 2.75. The van der Waals surface area contributed by atoms with Gasteiger partial charge < -0.3 is 14.4 Å². The Morgan fingerprint density at radius 2 is 1.57 bits per heavy atom. The van der Waals surface area contributed by atoms with Gasteiger partial charge in [-0.2, -0.15) is 0 Å². The monoisotopic (exact) mass is 377 g/mol. The van der Waals surface area contributed by atoms with Gasteiger partial charge in [0.25, 0.3) is 5.91 Å². The first-order valence-corrected chi connectivity index (χ1v) is 9.18. The van der Waals surface area contributed by atoms with Gasteiger partial charge in [-0.3, -0.25) is 4.79 Å². The molecule has 0 aliphatic heterocycles. The van der Waals surface area contributed by atoms with Gasteiger partial charge in [0, 0.05) is 13.1 Å². The summed E-state index contributed by atoms with van der Waals surface area (Å²) in [5.41, 5.74) is 1.33. The van der Waals surface area contributed by atoms with E-state index in [1.807, 2.05) is 61.5 Å². The molecular weight excluding hydrogens is 354 g/mol.